The molecular formula is C16H27N3. The highest BCUT2D eigenvalue weighted by molar-refractivity contribution is 5.29. The predicted octanol–water partition coefficient (Wildman–Crippen LogP) is 4.38. The van der Waals surface area contributed by atoms with Crippen molar-refractivity contribution in [1.82, 2.24) is 9.55 Å². The summed E-state index contributed by atoms with van der Waals surface area (Å²) in [7, 11) is 0. The van der Waals surface area contributed by atoms with Crippen LogP contribution in [0.15, 0.2) is 12.4 Å². The van der Waals surface area contributed by atoms with Crippen molar-refractivity contribution in [2.45, 2.75) is 76.8 Å². The topological polar surface area (TPSA) is 29.9 Å². The lowest BCUT2D eigenvalue weighted by Gasteiger charge is -2.33. The molecule has 0 aromatic carbocycles. The molecule has 19 heavy (non-hydrogen) atoms. The van der Waals surface area contributed by atoms with Gasteiger partial charge in [-0.2, -0.15) is 0 Å². The second-order valence-electron chi connectivity index (χ2n) is 6.30. The second-order valence-corrected chi connectivity index (χ2v) is 6.30. The summed E-state index contributed by atoms with van der Waals surface area (Å²) in [6.45, 7) is 2.34. The number of hydrogen-bond donors (Lipinski definition) is 1. The zero-order valence-corrected chi connectivity index (χ0v) is 12.1. The van der Waals surface area contributed by atoms with Gasteiger partial charge in [0.25, 0.3) is 0 Å². The summed E-state index contributed by atoms with van der Waals surface area (Å²) < 4.78 is 2.44. The number of rotatable bonds is 4. The zero-order valence-electron chi connectivity index (χ0n) is 12.1. The Kier molecular flexibility index (Phi) is 4.09. The van der Waals surface area contributed by atoms with Gasteiger partial charge in [0.15, 0.2) is 0 Å². The third-order valence-corrected chi connectivity index (χ3v) is 5.11. The standard InChI is InChI=1S/C16H27N3/c1-2-13-7-3-6-10-15(13)19-12-11-17-16(19)18-14-8-4-5-9-14/h11-15H,2-10H2,1H3,(H,17,18). The lowest BCUT2D eigenvalue weighted by Crippen LogP contribution is -2.26. The summed E-state index contributed by atoms with van der Waals surface area (Å²) >= 11 is 0. The van der Waals surface area contributed by atoms with E-state index in [-0.39, 0.29) is 0 Å². The molecule has 0 amide bonds. The second kappa shape index (κ2) is 5.98. The van der Waals surface area contributed by atoms with E-state index in [0.29, 0.717) is 12.1 Å². The monoisotopic (exact) mass is 261 g/mol. The zero-order chi connectivity index (χ0) is 13.1. The number of imidazole rings is 1. The molecule has 1 aromatic heterocycles. The van der Waals surface area contributed by atoms with Crippen LogP contribution >= 0.6 is 0 Å². The Labute approximate surface area is 116 Å². The van der Waals surface area contributed by atoms with E-state index >= 15 is 0 Å². The lowest BCUT2D eigenvalue weighted by molar-refractivity contribution is 0.234. The Bertz CT molecular complexity index is 392. The highest BCUT2D eigenvalue weighted by atomic mass is 15.2. The van der Waals surface area contributed by atoms with Gasteiger partial charge in [-0.25, -0.2) is 4.98 Å². The lowest BCUT2D eigenvalue weighted by atomic mass is 9.83. The summed E-state index contributed by atoms with van der Waals surface area (Å²) in [4.78, 5) is 4.58. The summed E-state index contributed by atoms with van der Waals surface area (Å²) in [5, 5.41) is 3.68. The first-order valence-corrected chi connectivity index (χ1v) is 8.18. The van der Waals surface area contributed by atoms with Gasteiger partial charge >= 0.3 is 0 Å². The van der Waals surface area contributed by atoms with Crippen LogP contribution in [0.4, 0.5) is 5.95 Å². The fourth-order valence-corrected chi connectivity index (χ4v) is 3.98. The molecule has 3 rings (SSSR count). The van der Waals surface area contributed by atoms with Gasteiger partial charge in [-0.15, -0.1) is 0 Å². The predicted molar refractivity (Wildman–Crippen MR) is 79.4 cm³/mol. The Morgan fingerprint density at radius 1 is 1.16 bits per heavy atom. The van der Waals surface area contributed by atoms with E-state index in [1.807, 2.05) is 6.20 Å². The molecule has 0 spiro atoms. The van der Waals surface area contributed by atoms with Crippen LogP contribution in [0.2, 0.25) is 0 Å². The molecule has 2 aliphatic carbocycles. The molecule has 3 heteroatoms. The molecule has 0 saturated heterocycles. The Morgan fingerprint density at radius 3 is 2.68 bits per heavy atom. The maximum atomic E-state index is 4.58. The molecule has 2 fully saturated rings. The third-order valence-electron chi connectivity index (χ3n) is 5.11. The first kappa shape index (κ1) is 13.0. The van der Waals surface area contributed by atoms with E-state index in [1.54, 1.807) is 0 Å². The molecule has 1 N–H and O–H groups in total. The maximum absolute atomic E-state index is 4.58. The van der Waals surface area contributed by atoms with Crippen LogP contribution in [-0.2, 0) is 0 Å². The van der Waals surface area contributed by atoms with E-state index < -0.39 is 0 Å². The van der Waals surface area contributed by atoms with Gasteiger partial charge in [0.2, 0.25) is 5.95 Å². The van der Waals surface area contributed by atoms with Crippen molar-refractivity contribution in [3.05, 3.63) is 12.4 Å². The maximum Gasteiger partial charge on any atom is 0.203 e. The first-order chi connectivity index (χ1) is 9.38. The van der Waals surface area contributed by atoms with Crippen LogP contribution in [0.1, 0.15) is 70.8 Å². The van der Waals surface area contributed by atoms with E-state index in [4.69, 9.17) is 0 Å². The molecule has 1 heterocycles. The van der Waals surface area contributed by atoms with Crippen LogP contribution < -0.4 is 5.32 Å². The van der Waals surface area contributed by atoms with Crippen LogP contribution in [-0.4, -0.2) is 15.6 Å². The molecule has 0 aliphatic heterocycles. The van der Waals surface area contributed by atoms with E-state index in [0.717, 1.165) is 11.9 Å². The van der Waals surface area contributed by atoms with E-state index in [2.05, 4.69) is 28.0 Å². The normalized spacial score (nSPS) is 28.7. The largest absolute Gasteiger partial charge is 0.353 e. The van der Waals surface area contributed by atoms with Crippen molar-refractivity contribution in [1.29, 1.82) is 0 Å². The minimum absolute atomic E-state index is 0.657. The minimum atomic E-state index is 0.657. The fraction of sp³-hybridized carbons (Fsp3) is 0.812. The summed E-state index contributed by atoms with van der Waals surface area (Å²) in [5.74, 6) is 1.96. The van der Waals surface area contributed by atoms with Crippen molar-refractivity contribution in [3.8, 4) is 0 Å². The number of anilines is 1. The molecular weight excluding hydrogens is 234 g/mol. The summed E-state index contributed by atoms with van der Waals surface area (Å²) in [6.07, 6.45) is 16.3. The highest BCUT2D eigenvalue weighted by Crippen LogP contribution is 2.37. The SMILES string of the molecule is CCC1CCCCC1n1ccnc1NC1CCCC1. The summed E-state index contributed by atoms with van der Waals surface area (Å²) in [6, 6.07) is 1.33. The molecule has 2 saturated carbocycles. The van der Waals surface area contributed by atoms with Gasteiger partial charge in [-0.1, -0.05) is 39.0 Å². The number of nitrogens with zero attached hydrogens (tertiary/aromatic N) is 2. The Hall–Kier alpha value is -0.990. The third kappa shape index (κ3) is 2.80. The minimum Gasteiger partial charge on any atom is -0.353 e. The molecule has 1 aromatic rings. The van der Waals surface area contributed by atoms with Gasteiger partial charge in [-0.05, 0) is 31.6 Å². The van der Waals surface area contributed by atoms with Crippen molar-refractivity contribution in [2.24, 2.45) is 5.92 Å². The molecule has 0 bridgehead atoms. The van der Waals surface area contributed by atoms with Crippen LogP contribution in [0, 0.1) is 5.92 Å². The average molecular weight is 261 g/mol. The van der Waals surface area contributed by atoms with Crippen molar-refractivity contribution in [3.63, 3.8) is 0 Å². The molecule has 0 radical (unpaired) electrons. The van der Waals surface area contributed by atoms with Crippen molar-refractivity contribution < 1.29 is 0 Å². The molecule has 2 atom stereocenters. The van der Waals surface area contributed by atoms with Gasteiger partial charge in [0.1, 0.15) is 0 Å². The van der Waals surface area contributed by atoms with Crippen LogP contribution in [0.5, 0.6) is 0 Å². The molecule has 2 aliphatic rings. The van der Waals surface area contributed by atoms with Crippen LogP contribution in [0.25, 0.3) is 0 Å². The molecule has 2 unspecified atom stereocenters. The van der Waals surface area contributed by atoms with Gasteiger partial charge in [-0.3, -0.25) is 0 Å². The summed E-state index contributed by atoms with van der Waals surface area (Å²) in [5.41, 5.74) is 0. The smallest absolute Gasteiger partial charge is 0.203 e. The highest BCUT2D eigenvalue weighted by Gasteiger charge is 2.27. The van der Waals surface area contributed by atoms with Crippen molar-refractivity contribution in [2.75, 3.05) is 5.32 Å². The Morgan fingerprint density at radius 2 is 1.89 bits per heavy atom. The van der Waals surface area contributed by atoms with E-state index in [9.17, 15) is 0 Å². The van der Waals surface area contributed by atoms with Crippen molar-refractivity contribution >= 4 is 5.95 Å². The average Bonchev–Trinajstić information content (AvgIpc) is 3.11. The van der Waals surface area contributed by atoms with Gasteiger partial charge < -0.3 is 9.88 Å². The number of aromatic nitrogens is 2. The van der Waals surface area contributed by atoms with Crippen LogP contribution in [0.3, 0.4) is 0 Å². The van der Waals surface area contributed by atoms with E-state index in [1.165, 1.54) is 57.8 Å². The number of hydrogen-bond acceptors (Lipinski definition) is 2. The number of nitrogens with one attached hydrogen (secondary N) is 1. The van der Waals surface area contributed by atoms with Gasteiger partial charge in [0, 0.05) is 24.5 Å². The molecule has 3 nitrogen and oxygen atoms in total. The van der Waals surface area contributed by atoms with Gasteiger partial charge in [0.05, 0.1) is 0 Å². The molecule has 106 valence electrons. The first-order valence-electron chi connectivity index (χ1n) is 8.18. The quantitative estimate of drug-likeness (QED) is 0.871. The Balaban J connectivity index is 1.74. The fourth-order valence-electron chi connectivity index (χ4n) is 3.98.